The normalized spacial score (nSPS) is 16.0. The van der Waals surface area contributed by atoms with E-state index < -0.39 is 41.3 Å². The van der Waals surface area contributed by atoms with Gasteiger partial charge in [-0.3, -0.25) is 0 Å². The molecule has 1 saturated heterocycles. The fourth-order valence-corrected chi connectivity index (χ4v) is 3.11. The molecule has 2 N–H and O–H groups in total. The summed E-state index contributed by atoms with van der Waals surface area (Å²) in [6, 6.07) is 4.18. The molecule has 1 fully saturated rings. The number of nitrogens with one attached hydrogen (secondary N) is 2. The lowest BCUT2D eigenvalue weighted by molar-refractivity contribution is -0.274. The zero-order valence-electron chi connectivity index (χ0n) is 18.2. The van der Waals surface area contributed by atoms with Gasteiger partial charge in [-0.25, -0.2) is 14.4 Å². The lowest BCUT2D eigenvalue weighted by Crippen LogP contribution is -2.61. The van der Waals surface area contributed by atoms with Gasteiger partial charge >= 0.3 is 24.5 Å². The molecular formula is C20H26F3N3O6. The van der Waals surface area contributed by atoms with E-state index in [9.17, 15) is 27.6 Å². The molecule has 1 heterocycles. The number of benzene rings is 1. The summed E-state index contributed by atoms with van der Waals surface area (Å²) in [6.45, 7) is 5.29. The van der Waals surface area contributed by atoms with Crippen molar-refractivity contribution in [1.82, 2.24) is 10.2 Å². The van der Waals surface area contributed by atoms with Crippen molar-refractivity contribution >= 4 is 23.8 Å². The van der Waals surface area contributed by atoms with Crippen LogP contribution in [-0.2, 0) is 14.3 Å². The number of amides is 3. The Labute approximate surface area is 183 Å². The van der Waals surface area contributed by atoms with E-state index in [0.717, 1.165) is 12.1 Å². The Morgan fingerprint density at radius 2 is 1.59 bits per heavy atom. The summed E-state index contributed by atoms with van der Waals surface area (Å²) < 4.78 is 50.6. The number of carbonyl (C=O) groups excluding carboxylic acids is 3. The second-order valence-corrected chi connectivity index (χ2v) is 8.19. The molecule has 1 aliphatic heterocycles. The number of piperidine rings is 1. The molecule has 178 valence electrons. The average molecular weight is 461 g/mol. The van der Waals surface area contributed by atoms with E-state index in [-0.39, 0.29) is 31.6 Å². The van der Waals surface area contributed by atoms with Crippen LogP contribution in [0.4, 0.5) is 28.4 Å². The number of nitrogens with zero attached hydrogens (tertiary/aromatic N) is 1. The number of hydrogen-bond donors (Lipinski definition) is 2. The second-order valence-electron chi connectivity index (χ2n) is 8.19. The molecule has 1 aromatic rings. The van der Waals surface area contributed by atoms with Crippen LogP contribution in [0, 0.1) is 0 Å². The van der Waals surface area contributed by atoms with Gasteiger partial charge in [0.15, 0.2) is 0 Å². The van der Waals surface area contributed by atoms with Crippen molar-refractivity contribution in [2.75, 3.05) is 25.5 Å². The van der Waals surface area contributed by atoms with Crippen LogP contribution in [0.2, 0.25) is 0 Å². The summed E-state index contributed by atoms with van der Waals surface area (Å²) in [7, 11) is 1.20. The zero-order valence-corrected chi connectivity index (χ0v) is 18.2. The van der Waals surface area contributed by atoms with Gasteiger partial charge in [0, 0.05) is 18.8 Å². The summed E-state index contributed by atoms with van der Waals surface area (Å²) in [5.41, 5.74) is -1.84. The summed E-state index contributed by atoms with van der Waals surface area (Å²) in [5.74, 6) is -1.06. The van der Waals surface area contributed by atoms with Crippen LogP contribution in [0.15, 0.2) is 24.3 Å². The van der Waals surface area contributed by atoms with Gasteiger partial charge in [0.2, 0.25) is 0 Å². The topological polar surface area (TPSA) is 106 Å². The zero-order chi connectivity index (χ0) is 24.2. The third-order valence-electron chi connectivity index (χ3n) is 4.56. The minimum absolute atomic E-state index is 0.0880. The van der Waals surface area contributed by atoms with E-state index in [1.54, 1.807) is 20.8 Å². The van der Waals surface area contributed by atoms with Gasteiger partial charge < -0.3 is 29.7 Å². The van der Waals surface area contributed by atoms with Crippen LogP contribution >= 0.6 is 0 Å². The van der Waals surface area contributed by atoms with Gasteiger partial charge in [0.25, 0.3) is 0 Å². The van der Waals surface area contributed by atoms with Crippen LogP contribution < -0.4 is 15.4 Å². The van der Waals surface area contributed by atoms with Crippen molar-refractivity contribution in [3.05, 3.63) is 24.3 Å². The highest BCUT2D eigenvalue weighted by Gasteiger charge is 2.45. The lowest BCUT2D eigenvalue weighted by Gasteiger charge is -2.40. The minimum Gasteiger partial charge on any atom is -0.467 e. The Balaban J connectivity index is 1.98. The number of ether oxygens (including phenoxy) is 3. The van der Waals surface area contributed by atoms with Crippen LogP contribution in [-0.4, -0.2) is 60.7 Å². The first-order valence-corrected chi connectivity index (χ1v) is 9.74. The van der Waals surface area contributed by atoms with Crippen LogP contribution in [0.3, 0.4) is 0 Å². The molecule has 0 spiro atoms. The Bertz CT molecular complexity index is 828. The first-order valence-electron chi connectivity index (χ1n) is 9.74. The predicted molar refractivity (Wildman–Crippen MR) is 107 cm³/mol. The summed E-state index contributed by atoms with van der Waals surface area (Å²) in [6.07, 6.45) is -5.41. The number of rotatable bonds is 4. The fraction of sp³-hybridized carbons (Fsp3) is 0.550. The minimum atomic E-state index is -4.81. The van der Waals surface area contributed by atoms with Crippen LogP contribution in [0.5, 0.6) is 5.75 Å². The van der Waals surface area contributed by atoms with Gasteiger partial charge in [0.05, 0.1) is 7.11 Å². The number of likely N-dealkylation sites (tertiary alicyclic amines) is 1. The smallest absolute Gasteiger partial charge is 0.467 e. The largest absolute Gasteiger partial charge is 0.573 e. The number of alkyl halides is 3. The quantitative estimate of drug-likeness (QED) is 0.663. The van der Waals surface area contributed by atoms with E-state index >= 15 is 0 Å². The molecule has 0 aliphatic carbocycles. The van der Waals surface area contributed by atoms with E-state index in [2.05, 4.69) is 15.4 Å². The van der Waals surface area contributed by atoms with Crippen molar-refractivity contribution in [3.8, 4) is 5.75 Å². The predicted octanol–water partition coefficient (Wildman–Crippen LogP) is 3.65. The van der Waals surface area contributed by atoms with Crippen molar-refractivity contribution in [2.45, 2.75) is 51.1 Å². The number of esters is 1. The molecule has 12 heteroatoms. The van der Waals surface area contributed by atoms with Crippen molar-refractivity contribution in [1.29, 1.82) is 0 Å². The third kappa shape index (κ3) is 7.20. The highest BCUT2D eigenvalue weighted by molar-refractivity contribution is 5.90. The number of methoxy groups -OCH3 is 1. The SMILES string of the molecule is COC(=O)C1(NC(=O)OC(C)(C)C)CCN(C(=O)Nc2ccc(OC(F)(F)F)cc2)CC1. The van der Waals surface area contributed by atoms with Gasteiger partial charge in [-0.15, -0.1) is 13.2 Å². The first-order chi connectivity index (χ1) is 14.7. The van der Waals surface area contributed by atoms with E-state index in [1.807, 2.05) is 0 Å². The number of anilines is 1. The van der Waals surface area contributed by atoms with Crippen molar-refractivity contribution in [3.63, 3.8) is 0 Å². The molecule has 3 amide bonds. The fourth-order valence-electron chi connectivity index (χ4n) is 3.11. The molecule has 9 nitrogen and oxygen atoms in total. The lowest BCUT2D eigenvalue weighted by atomic mass is 9.87. The van der Waals surface area contributed by atoms with Gasteiger partial charge in [0.1, 0.15) is 16.9 Å². The number of carbonyl (C=O) groups is 3. The monoisotopic (exact) mass is 461 g/mol. The van der Waals surface area contributed by atoms with E-state index in [0.29, 0.717) is 0 Å². The maximum Gasteiger partial charge on any atom is 0.573 e. The second kappa shape index (κ2) is 9.53. The molecule has 0 aromatic heterocycles. The molecule has 2 rings (SSSR count). The Morgan fingerprint density at radius 1 is 1.03 bits per heavy atom. The molecule has 0 saturated carbocycles. The van der Waals surface area contributed by atoms with Crippen molar-refractivity contribution < 1.29 is 41.8 Å². The molecule has 1 aromatic carbocycles. The van der Waals surface area contributed by atoms with Gasteiger partial charge in [-0.1, -0.05) is 0 Å². The summed E-state index contributed by atoms with van der Waals surface area (Å²) in [5, 5.41) is 5.14. The van der Waals surface area contributed by atoms with Crippen LogP contribution in [0.1, 0.15) is 33.6 Å². The molecule has 0 unspecified atom stereocenters. The Morgan fingerprint density at radius 3 is 2.06 bits per heavy atom. The molecule has 1 aliphatic rings. The number of urea groups is 1. The molecular weight excluding hydrogens is 435 g/mol. The Hall–Kier alpha value is -3.18. The van der Waals surface area contributed by atoms with E-state index in [1.165, 1.54) is 24.1 Å². The summed E-state index contributed by atoms with van der Waals surface area (Å²) >= 11 is 0. The highest BCUT2D eigenvalue weighted by Crippen LogP contribution is 2.27. The van der Waals surface area contributed by atoms with Gasteiger partial charge in [-0.2, -0.15) is 0 Å². The maximum atomic E-state index is 12.5. The first kappa shape index (κ1) is 25.1. The van der Waals surface area contributed by atoms with Crippen LogP contribution in [0.25, 0.3) is 0 Å². The maximum absolute atomic E-state index is 12.5. The average Bonchev–Trinajstić information content (AvgIpc) is 2.66. The molecule has 0 radical (unpaired) electrons. The number of halogens is 3. The number of alkyl carbamates (subject to hydrolysis) is 1. The number of hydrogen-bond acceptors (Lipinski definition) is 6. The highest BCUT2D eigenvalue weighted by atomic mass is 19.4. The Kier molecular flexibility index (Phi) is 7.47. The molecule has 0 bridgehead atoms. The standard InChI is InChI=1S/C20H26F3N3O6/c1-18(2,3)32-17(29)25-19(15(27)30-4)9-11-26(12-10-19)16(28)24-13-5-7-14(8-6-13)31-20(21,22)23/h5-8H,9-12H2,1-4H3,(H,24,28)(H,25,29). The third-order valence-corrected chi connectivity index (χ3v) is 4.56. The van der Waals surface area contributed by atoms with E-state index in [4.69, 9.17) is 9.47 Å². The summed E-state index contributed by atoms with van der Waals surface area (Å²) in [4.78, 5) is 38.5. The molecule has 32 heavy (non-hydrogen) atoms. The van der Waals surface area contributed by atoms with Gasteiger partial charge in [-0.05, 0) is 57.9 Å². The molecule has 0 atom stereocenters. The van der Waals surface area contributed by atoms with Crippen molar-refractivity contribution in [2.24, 2.45) is 0 Å².